The molecular weight excluding hydrogens is 270 g/mol. The third kappa shape index (κ3) is 3.61. The summed E-state index contributed by atoms with van der Waals surface area (Å²) >= 11 is 0. The van der Waals surface area contributed by atoms with Gasteiger partial charge >= 0.3 is 5.97 Å². The van der Waals surface area contributed by atoms with Gasteiger partial charge in [0, 0.05) is 5.56 Å². The molecule has 0 aromatic heterocycles. The highest BCUT2D eigenvalue weighted by Crippen LogP contribution is 2.38. The number of carbonyl (C=O) groups excluding carboxylic acids is 1. The first-order valence-corrected chi connectivity index (χ1v) is 9.62. The van der Waals surface area contributed by atoms with Crippen molar-refractivity contribution in [3.63, 3.8) is 0 Å². The highest BCUT2D eigenvalue weighted by molar-refractivity contribution is 6.74. The maximum atomic E-state index is 11.6. The number of nitrogens with two attached hydrogens (primary N) is 1. The third-order valence-corrected chi connectivity index (χ3v) is 8.22. The predicted molar refractivity (Wildman–Crippen MR) is 83.2 cm³/mol. The van der Waals surface area contributed by atoms with Gasteiger partial charge in [-0.1, -0.05) is 39.0 Å². The Kier molecular flexibility index (Phi) is 4.99. The Bertz CT molecular complexity index is 480. The third-order valence-electron chi connectivity index (χ3n) is 3.88. The van der Waals surface area contributed by atoms with Crippen LogP contribution in [0.3, 0.4) is 0 Å². The molecule has 1 aromatic rings. The fourth-order valence-electron chi connectivity index (χ4n) is 1.51. The van der Waals surface area contributed by atoms with Gasteiger partial charge in [0.25, 0.3) is 0 Å². The van der Waals surface area contributed by atoms with E-state index >= 15 is 0 Å². The van der Waals surface area contributed by atoms with Gasteiger partial charge in [0.15, 0.2) is 0 Å². The summed E-state index contributed by atoms with van der Waals surface area (Å²) in [6.45, 7) is 10.8. The van der Waals surface area contributed by atoms with Crippen LogP contribution >= 0.6 is 0 Å². The number of methoxy groups -OCH3 is 1. The smallest absolute Gasteiger partial charge is 0.327 e. The Morgan fingerprint density at radius 3 is 2.30 bits per heavy atom. The molecule has 0 saturated heterocycles. The van der Waals surface area contributed by atoms with E-state index in [1.807, 2.05) is 24.3 Å². The van der Waals surface area contributed by atoms with Crippen LogP contribution in [-0.4, -0.2) is 21.4 Å². The molecule has 1 unspecified atom stereocenters. The fourth-order valence-corrected chi connectivity index (χ4v) is 2.55. The first-order chi connectivity index (χ1) is 9.10. The average Bonchev–Trinajstić information content (AvgIpc) is 2.36. The number of para-hydroxylation sites is 1. The first-order valence-electron chi connectivity index (χ1n) is 6.71. The second kappa shape index (κ2) is 5.97. The lowest BCUT2D eigenvalue weighted by Crippen LogP contribution is -2.44. The summed E-state index contributed by atoms with van der Waals surface area (Å²) in [6.07, 6.45) is 0. The SMILES string of the molecule is COC(=O)C(N)c1ccccc1O[Si](C)(C)C(C)(C)C. The van der Waals surface area contributed by atoms with Crippen molar-refractivity contribution >= 4 is 14.3 Å². The summed E-state index contributed by atoms with van der Waals surface area (Å²) in [5.41, 5.74) is 6.61. The van der Waals surface area contributed by atoms with Gasteiger partial charge < -0.3 is 14.9 Å². The summed E-state index contributed by atoms with van der Waals surface area (Å²) < 4.78 is 11.0. The zero-order chi connectivity index (χ0) is 15.6. The van der Waals surface area contributed by atoms with E-state index in [1.54, 1.807) is 0 Å². The molecule has 1 rings (SSSR count). The van der Waals surface area contributed by atoms with Gasteiger partial charge in [0.05, 0.1) is 7.11 Å². The molecule has 4 nitrogen and oxygen atoms in total. The molecule has 20 heavy (non-hydrogen) atoms. The summed E-state index contributed by atoms with van der Waals surface area (Å²) in [5.74, 6) is 0.216. The molecule has 1 aromatic carbocycles. The van der Waals surface area contributed by atoms with Crippen molar-refractivity contribution in [3.8, 4) is 5.75 Å². The van der Waals surface area contributed by atoms with Gasteiger partial charge in [0.2, 0.25) is 8.32 Å². The van der Waals surface area contributed by atoms with E-state index in [2.05, 4.69) is 33.9 Å². The van der Waals surface area contributed by atoms with Crippen molar-refractivity contribution < 1.29 is 14.0 Å². The Morgan fingerprint density at radius 2 is 1.80 bits per heavy atom. The Balaban J connectivity index is 3.12. The molecule has 0 aliphatic rings. The Morgan fingerprint density at radius 1 is 1.25 bits per heavy atom. The van der Waals surface area contributed by atoms with Gasteiger partial charge in [-0.25, -0.2) is 0 Å². The van der Waals surface area contributed by atoms with Crippen LogP contribution in [0, 0.1) is 0 Å². The number of carbonyl (C=O) groups is 1. The summed E-state index contributed by atoms with van der Waals surface area (Å²) in [4.78, 5) is 11.6. The number of ether oxygens (including phenoxy) is 1. The van der Waals surface area contributed by atoms with Crippen LogP contribution in [0.4, 0.5) is 0 Å². The first kappa shape index (κ1) is 16.7. The molecule has 0 aliphatic carbocycles. The van der Waals surface area contributed by atoms with Gasteiger partial charge in [-0.15, -0.1) is 0 Å². The van der Waals surface area contributed by atoms with Gasteiger partial charge in [-0.2, -0.15) is 0 Å². The maximum absolute atomic E-state index is 11.6. The topological polar surface area (TPSA) is 61.5 Å². The zero-order valence-corrected chi connectivity index (χ0v) is 14.2. The van der Waals surface area contributed by atoms with Crippen molar-refractivity contribution in [2.24, 2.45) is 5.73 Å². The van der Waals surface area contributed by atoms with Crippen LogP contribution < -0.4 is 10.2 Å². The second-order valence-electron chi connectivity index (χ2n) is 6.40. The van der Waals surface area contributed by atoms with Crippen molar-refractivity contribution in [3.05, 3.63) is 29.8 Å². The number of hydrogen-bond donors (Lipinski definition) is 1. The minimum absolute atomic E-state index is 0.0788. The molecular formula is C15H25NO3Si. The van der Waals surface area contributed by atoms with E-state index in [4.69, 9.17) is 14.9 Å². The lowest BCUT2D eigenvalue weighted by atomic mass is 10.1. The zero-order valence-electron chi connectivity index (χ0n) is 13.2. The predicted octanol–water partition coefficient (Wildman–Crippen LogP) is 3.24. The molecule has 0 heterocycles. The van der Waals surface area contributed by atoms with Crippen LogP contribution in [0.1, 0.15) is 32.4 Å². The summed E-state index contributed by atoms with van der Waals surface area (Å²) in [7, 11) is -0.643. The highest BCUT2D eigenvalue weighted by Gasteiger charge is 2.39. The van der Waals surface area contributed by atoms with Gasteiger partial charge in [0.1, 0.15) is 11.8 Å². The molecule has 0 spiro atoms. The van der Waals surface area contributed by atoms with E-state index in [0.29, 0.717) is 11.3 Å². The molecule has 0 amide bonds. The molecule has 0 bridgehead atoms. The van der Waals surface area contributed by atoms with E-state index in [1.165, 1.54) is 7.11 Å². The number of hydrogen-bond acceptors (Lipinski definition) is 4. The molecule has 0 aliphatic heterocycles. The lowest BCUT2D eigenvalue weighted by Gasteiger charge is -2.37. The van der Waals surface area contributed by atoms with Crippen molar-refractivity contribution in [2.45, 2.75) is 44.9 Å². The second-order valence-corrected chi connectivity index (χ2v) is 11.1. The quantitative estimate of drug-likeness (QED) is 0.684. The lowest BCUT2D eigenvalue weighted by molar-refractivity contribution is -0.142. The molecule has 5 heteroatoms. The number of rotatable bonds is 4. The van der Waals surface area contributed by atoms with E-state index in [-0.39, 0.29) is 5.04 Å². The normalized spacial score (nSPS) is 13.8. The molecule has 112 valence electrons. The van der Waals surface area contributed by atoms with Crippen LogP contribution in [0.15, 0.2) is 24.3 Å². The monoisotopic (exact) mass is 295 g/mol. The molecule has 0 fully saturated rings. The Hall–Kier alpha value is -1.33. The summed E-state index contributed by atoms with van der Waals surface area (Å²) in [5, 5.41) is 0.0788. The number of benzene rings is 1. The minimum atomic E-state index is -1.98. The largest absolute Gasteiger partial charge is 0.543 e. The van der Waals surface area contributed by atoms with Crippen molar-refractivity contribution in [2.75, 3.05) is 7.11 Å². The molecule has 2 N–H and O–H groups in total. The van der Waals surface area contributed by atoms with Crippen molar-refractivity contribution in [1.29, 1.82) is 0 Å². The van der Waals surface area contributed by atoms with Crippen LogP contribution in [-0.2, 0) is 9.53 Å². The highest BCUT2D eigenvalue weighted by atomic mass is 28.4. The molecule has 0 radical (unpaired) electrons. The van der Waals surface area contributed by atoms with Crippen LogP contribution in [0.2, 0.25) is 18.1 Å². The van der Waals surface area contributed by atoms with E-state index in [9.17, 15) is 4.79 Å². The Labute approximate surface area is 122 Å². The van der Waals surface area contributed by atoms with Crippen molar-refractivity contribution in [1.82, 2.24) is 0 Å². The average molecular weight is 295 g/mol. The fraction of sp³-hybridized carbons (Fsp3) is 0.533. The van der Waals surface area contributed by atoms with Gasteiger partial charge in [-0.3, -0.25) is 4.79 Å². The standard InChI is InChI=1S/C15H25NO3Si/c1-15(2,3)20(5,6)19-12-10-8-7-9-11(12)13(16)14(17)18-4/h7-10,13H,16H2,1-6H3. The number of esters is 1. The minimum Gasteiger partial charge on any atom is -0.543 e. The van der Waals surface area contributed by atoms with Crippen LogP contribution in [0.25, 0.3) is 0 Å². The van der Waals surface area contributed by atoms with E-state index in [0.717, 1.165) is 0 Å². The molecule has 0 saturated carbocycles. The van der Waals surface area contributed by atoms with E-state index < -0.39 is 20.3 Å². The summed E-state index contributed by atoms with van der Waals surface area (Å²) in [6, 6.07) is 6.58. The van der Waals surface area contributed by atoms with Crippen LogP contribution in [0.5, 0.6) is 5.75 Å². The molecule has 1 atom stereocenters. The van der Waals surface area contributed by atoms with Gasteiger partial charge in [-0.05, 0) is 24.2 Å². The maximum Gasteiger partial charge on any atom is 0.327 e.